The lowest BCUT2D eigenvalue weighted by Gasteiger charge is -2.30. The van der Waals surface area contributed by atoms with Crippen molar-refractivity contribution in [1.82, 2.24) is 15.0 Å². The second-order valence-electron chi connectivity index (χ2n) is 14.3. The SMILES string of the molecule is c1ccc(-c2ccc(-c3cccc(-c4nc(-c5ccccc5)nc(-c5cccc6c5-c5ccccc5C65c6ccccc6-c6ccccc65)n4)c3)cc2)cc1. The molecule has 2 aliphatic rings. The third-order valence-corrected chi connectivity index (χ3v) is 11.4. The van der Waals surface area contributed by atoms with Crippen molar-refractivity contribution < 1.29 is 0 Å². The highest BCUT2D eigenvalue weighted by Gasteiger charge is 2.52. The lowest BCUT2D eigenvalue weighted by atomic mass is 9.70. The van der Waals surface area contributed by atoms with E-state index < -0.39 is 5.41 Å². The van der Waals surface area contributed by atoms with Gasteiger partial charge in [-0.2, -0.15) is 0 Å². The van der Waals surface area contributed by atoms with Crippen LogP contribution in [0.5, 0.6) is 0 Å². The predicted molar refractivity (Wildman–Crippen MR) is 223 cm³/mol. The molecule has 11 rings (SSSR count). The molecule has 0 aliphatic heterocycles. The zero-order chi connectivity index (χ0) is 36.3. The molecule has 0 atom stereocenters. The number of hydrogen-bond donors (Lipinski definition) is 0. The van der Waals surface area contributed by atoms with Gasteiger partial charge in [-0.05, 0) is 72.8 Å². The zero-order valence-electron chi connectivity index (χ0n) is 29.9. The molecule has 1 heterocycles. The molecule has 0 bridgehead atoms. The van der Waals surface area contributed by atoms with Gasteiger partial charge in [-0.25, -0.2) is 15.0 Å². The maximum absolute atomic E-state index is 5.32. The third-order valence-electron chi connectivity index (χ3n) is 11.4. The third kappa shape index (κ3) is 4.80. The van der Waals surface area contributed by atoms with Crippen molar-refractivity contribution in [1.29, 1.82) is 0 Å². The molecule has 0 saturated carbocycles. The standard InChI is InChI=1S/C52H33N3/c1-3-15-34(16-4-1)35-29-31-36(32-30-35)38-19-13-20-39(33-38)50-53-49(37-17-5-2-6-18-37)54-51(55-50)43-24-14-28-47-48(43)42-23-9-12-27-46(42)52(47)44-25-10-7-21-40(44)41-22-8-11-26-45(41)52/h1-33H. The number of fused-ring (bicyclic) bond motifs is 10. The van der Waals surface area contributed by atoms with Crippen LogP contribution >= 0.6 is 0 Å². The van der Waals surface area contributed by atoms with Crippen LogP contribution in [0.4, 0.5) is 0 Å². The fourth-order valence-corrected chi connectivity index (χ4v) is 9.00. The van der Waals surface area contributed by atoms with Crippen LogP contribution in [-0.4, -0.2) is 15.0 Å². The molecule has 3 heteroatoms. The Balaban J connectivity index is 1.10. The summed E-state index contributed by atoms with van der Waals surface area (Å²) >= 11 is 0. The van der Waals surface area contributed by atoms with Gasteiger partial charge in [-0.15, -0.1) is 0 Å². The van der Waals surface area contributed by atoms with Gasteiger partial charge in [-0.1, -0.05) is 194 Å². The molecule has 1 spiro atoms. The van der Waals surface area contributed by atoms with Crippen molar-refractivity contribution in [3.63, 3.8) is 0 Å². The number of rotatable bonds is 5. The monoisotopic (exact) mass is 699 g/mol. The number of aromatic nitrogens is 3. The second kappa shape index (κ2) is 12.4. The van der Waals surface area contributed by atoms with Gasteiger partial charge in [-0.3, -0.25) is 0 Å². The van der Waals surface area contributed by atoms with Crippen LogP contribution in [0.15, 0.2) is 200 Å². The van der Waals surface area contributed by atoms with Gasteiger partial charge >= 0.3 is 0 Å². The van der Waals surface area contributed by atoms with Gasteiger partial charge in [0.25, 0.3) is 0 Å². The maximum Gasteiger partial charge on any atom is 0.164 e. The van der Waals surface area contributed by atoms with Gasteiger partial charge in [0.15, 0.2) is 17.5 Å². The van der Waals surface area contributed by atoms with Crippen molar-refractivity contribution in [2.45, 2.75) is 5.41 Å². The fraction of sp³-hybridized carbons (Fsp3) is 0.0192. The first kappa shape index (κ1) is 31.3. The van der Waals surface area contributed by atoms with E-state index >= 15 is 0 Å². The highest BCUT2D eigenvalue weighted by Crippen LogP contribution is 2.63. The Morgan fingerprint density at radius 1 is 0.255 bits per heavy atom. The molecule has 0 unspecified atom stereocenters. The topological polar surface area (TPSA) is 38.7 Å². The Bertz CT molecular complexity index is 2870. The lowest BCUT2D eigenvalue weighted by molar-refractivity contribution is 0.794. The van der Waals surface area contributed by atoms with E-state index in [9.17, 15) is 0 Å². The van der Waals surface area contributed by atoms with Gasteiger partial charge < -0.3 is 0 Å². The van der Waals surface area contributed by atoms with E-state index in [0.29, 0.717) is 17.5 Å². The molecule has 0 amide bonds. The van der Waals surface area contributed by atoms with Crippen LogP contribution < -0.4 is 0 Å². The zero-order valence-corrected chi connectivity index (χ0v) is 29.9. The van der Waals surface area contributed by atoms with Crippen LogP contribution in [0.3, 0.4) is 0 Å². The first-order chi connectivity index (χ1) is 27.3. The van der Waals surface area contributed by atoms with E-state index in [1.54, 1.807) is 0 Å². The summed E-state index contributed by atoms with van der Waals surface area (Å²) in [6.07, 6.45) is 0. The van der Waals surface area contributed by atoms with Gasteiger partial charge in [0.1, 0.15) is 0 Å². The summed E-state index contributed by atoms with van der Waals surface area (Å²) in [5.41, 5.74) is 17.2. The Morgan fingerprint density at radius 3 is 1.31 bits per heavy atom. The highest BCUT2D eigenvalue weighted by molar-refractivity contribution is 5.99. The second-order valence-corrected chi connectivity index (χ2v) is 14.3. The average molecular weight is 700 g/mol. The summed E-state index contributed by atoms with van der Waals surface area (Å²) in [6.45, 7) is 0. The summed E-state index contributed by atoms with van der Waals surface area (Å²) in [4.78, 5) is 15.7. The molecule has 3 nitrogen and oxygen atoms in total. The number of benzene rings is 8. The predicted octanol–water partition coefficient (Wildman–Crippen LogP) is 12.6. The Kier molecular flexibility index (Phi) is 7.08. The van der Waals surface area contributed by atoms with Crippen molar-refractivity contribution in [3.05, 3.63) is 222 Å². The molecule has 1 aromatic heterocycles. The lowest BCUT2D eigenvalue weighted by Crippen LogP contribution is -2.25. The smallest absolute Gasteiger partial charge is 0.164 e. The Hall–Kier alpha value is -7.23. The minimum Gasteiger partial charge on any atom is -0.208 e. The van der Waals surface area contributed by atoms with Crippen LogP contribution in [0.2, 0.25) is 0 Å². The molecule has 8 aromatic carbocycles. The molecule has 9 aromatic rings. The minimum absolute atomic E-state index is 0.447. The largest absolute Gasteiger partial charge is 0.208 e. The summed E-state index contributed by atoms with van der Waals surface area (Å²) in [5.74, 6) is 1.94. The van der Waals surface area contributed by atoms with E-state index in [2.05, 4.69) is 176 Å². The Labute approximate surface area is 320 Å². The van der Waals surface area contributed by atoms with E-state index in [1.807, 2.05) is 24.3 Å². The molecule has 0 N–H and O–H groups in total. The number of hydrogen-bond acceptors (Lipinski definition) is 3. The van der Waals surface area contributed by atoms with Crippen LogP contribution in [0.25, 0.3) is 78.7 Å². The van der Waals surface area contributed by atoms with Crippen molar-refractivity contribution >= 4 is 0 Å². The first-order valence-electron chi connectivity index (χ1n) is 18.8. The molecular formula is C52H33N3. The molecule has 2 aliphatic carbocycles. The molecular weight excluding hydrogens is 667 g/mol. The van der Waals surface area contributed by atoms with Crippen LogP contribution in [0.1, 0.15) is 22.3 Å². The van der Waals surface area contributed by atoms with Gasteiger partial charge in [0, 0.05) is 16.7 Å². The average Bonchev–Trinajstić information content (AvgIpc) is 3.75. The minimum atomic E-state index is -0.447. The van der Waals surface area contributed by atoms with Gasteiger partial charge in [0.2, 0.25) is 0 Å². The molecule has 0 saturated heterocycles. The van der Waals surface area contributed by atoms with E-state index in [4.69, 9.17) is 15.0 Å². The summed E-state index contributed by atoms with van der Waals surface area (Å²) in [7, 11) is 0. The first-order valence-corrected chi connectivity index (χ1v) is 18.8. The quantitative estimate of drug-likeness (QED) is 0.179. The van der Waals surface area contributed by atoms with Crippen molar-refractivity contribution in [2.24, 2.45) is 0 Å². The Morgan fingerprint density at radius 2 is 0.655 bits per heavy atom. The molecule has 0 fully saturated rings. The van der Waals surface area contributed by atoms with Gasteiger partial charge in [0.05, 0.1) is 5.41 Å². The van der Waals surface area contributed by atoms with Crippen LogP contribution in [0, 0.1) is 0 Å². The van der Waals surface area contributed by atoms with Crippen molar-refractivity contribution in [2.75, 3.05) is 0 Å². The summed E-state index contributed by atoms with van der Waals surface area (Å²) in [5, 5.41) is 0. The van der Waals surface area contributed by atoms with Crippen LogP contribution in [-0.2, 0) is 5.41 Å². The highest BCUT2D eigenvalue weighted by atomic mass is 15.0. The number of nitrogens with zero attached hydrogens (tertiary/aromatic N) is 3. The summed E-state index contributed by atoms with van der Waals surface area (Å²) in [6, 6.07) is 71.4. The fourth-order valence-electron chi connectivity index (χ4n) is 9.00. The van der Waals surface area contributed by atoms with E-state index in [1.165, 1.54) is 55.6 Å². The van der Waals surface area contributed by atoms with Crippen molar-refractivity contribution in [3.8, 4) is 78.7 Å². The van der Waals surface area contributed by atoms with E-state index in [0.717, 1.165) is 27.8 Å². The summed E-state index contributed by atoms with van der Waals surface area (Å²) < 4.78 is 0. The normalized spacial score (nSPS) is 12.9. The van der Waals surface area contributed by atoms with E-state index in [-0.39, 0.29) is 0 Å². The molecule has 55 heavy (non-hydrogen) atoms. The maximum atomic E-state index is 5.32. The molecule has 0 radical (unpaired) electrons. The molecule has 256 valence electrons.